The highest BCUT2D eigenvalue weighted by atomic mass is 32.2. The van der Waals surface area contributed by atoms with Crippen molar-refractivity contribution >= 4 is 29.3 Å². The van der Waals surface area contributed by atoms with Crippen molar-refractivity contribution in [3.8, 4) is 0 Å². The third-order valence-electron chi connectivity index (χ3n) is 4.69. The quantitative estimate of drug-likeness (QED) is 0.598. The molecule has 6 heteroatoms. The normalized spacial score (nSPS) is 10.8. The van der Waals surface area contributed by atoms with Crippen molar-refractivity contribution in [1.29, 1.82) is 0 Å². The maximum atomic E-state index is 12.7. The van der Waals surface area contributed by atoms with E-state index >= 15 is 0 Å². The zero-order valence-corrected chi connectivity index (χ0v) is 18.6. The fraction of sp³-hybridized carbons (Fsp3) is 0.391. The molecule has 1 N–H and O–H groups in total. The van der Waals surface area contributed by atoms with E-state index in [2.05, 4.69) is 29.6 Å². The Morgan fingerprint density at radius 3 is 2.34 bits per heavy atom. The van der Waals surface area contributed by atoms with E-state index in [4.69, 9.17) is 0 Å². The number of anilines is 1. The van der Waals surface area contributed by atoms with Crippen molar-refractivity contribution in [2.45, 2.75) is 31.7 Å². The zero-order valence-electron chi connectivity index (χ0n) is 17.8. The molecule has 0 radical (unpaired) electrons. The number of likely N-dealkylation sites (N-methyl/N-ethyl adjacent to an activating group) is 1. The van der Waals surface area contributed by atoms with Crippen LogP contribution in [-0.2, 0) is 16.1 Å². The van der Waals surface area contributed by atoms with Crippen LogP contribution in [0.4, 0.5) is 5.69 Å². The zero-order chi connectivity index (χ0) is 21.2. The molecule has 2 rings (SSSR count). The minimum Gasteiger partial charge on any atom is -0.340 e. The van der Waals surface area contributed by atoms with Gasteiger partial charge < -0.3 is 10.2 Å². The highest BCUT2D eigenvalue weighted by Crippen LogP contribution is 2.16. The first-order chi connectivity index (χ1) is 13.9. The van der Waals surface area contributed by atoms with Crippen LogP contribution < -0.4 is 5.32 Å². The lowest BCUT2D eigenvalue weighted by atomic mass is 10.2. The van der Waals surface area contributed by atoms with Gasteiger partial charge in [0.15, 0.2) is 0 Å². The molecule has 2 amide bonds. The van der Waals surface area contributed by atoms with Gasteiger partial charge in [0.25, 0.3) is 0 Å². The summed E-state index contributed by atoms with van der Waals surface area (Å²) in [5.41, 5.74) is 2.93. The number of hydrogen-bond donors (Lipinski definition) is 1. The Balaban J connectivity index is 1.91. The number of benzene rings is 2. The van der Waals surface area contributed by atoms with Gasteiger partial charge in [-0.2, -0.15) is 0 Å². The molecule has 0 aliphatic heterocycles. The van der Waals surface area contributed by atoms with Crippen molar-refractivity contribution in [3.05, 3.63) is 59.7 Å². The van der Waals surface area contributed by atoms with Crippen LogP contribution in [0.25, 0.3) is 0 Å². The largest absolute Gasteiger partial charge is 0.340 e. The van der Waals surface area contributed by atoms with E-state index in [1.807, 2.05) is 56.3 Å². The van der Waals surface area contributed by atoms with Crippen LogP contribution in [0, 0.1) is 6.92 Å². The van der Waals surface area contributed by atoms with Gasteiger partial charge in [-0.1, -0.05) is 37.3 Å². The number of rotatable bonds is 10. The molecule has 0 spiro atoms. The molecule has 0 atom stereocenters. The third-order valence-corrected chi connectivity index (χ3v) is 5.43. The molecule has 0 heterocycles. The van der Waals surface area contributed by atoms with Crippen LogP contribution in [0.15, 0.2) is 53.4 Å². The average Bonchev–Trinajstić information content (AvgIpc) is 2.70. The summed E-state index contributed by atoms with van der Waals surface area (Å²) in [6.07, 6.45) is 2.92. The lowest BCUT2D eigenvalue weighted by Gasteiger charge is -2.24. The summed E-state index contributed by atoms with van der Waals surface area (Å²) in [7, 11) is 1.81. The molecular formula is C23H31N3O2S. The molecule has 0 aliphatic rings. The first-order valence-corrected chi connectivity index (χ1v) is 11.1. The number of carbonyl (C=O) groups excluding carboxylic acids is 2. The van der Waals surface area contributed by atoms with Gasteiger partial charge in [-0.3, -0.25) is 14.5 Å². The number of carbonyl (C=O) groups is 2. The van der Waals surface area contributed by atoms with Crippen LogP contribution >= 0.6 is 11.8 Å². The molecule has 29 heavy (non-hydrogen) atoms. The second kappa shape index (κ2) is 11.6. The van der Waals surface area contributed by atoms with Gasteiger partial charge in [0.05, 0.1) is 13.1 Å². The molecule has 0 aromatic heterocycles. The molecule has 0 unspecified atom stereocenters. The molecule has 0 saturated carbocycles. The number of hydrogen-bond acceptors (Lipinski definition) is 4. The van der Waals surface area contributed by atoms with E-state index in [1.165, 1.54) is 4.90 Å². The van der Waals surface area contributed by atoms with Gasteiger partial charge in [-0.15, -0.1) is 11.8 Å². The van der Waals surface area contributed by atoms with Crippen molar-refractivity contribution in [3.63, 3.8) is 0 Å². The second-order valence-corrected chi connectivity index (χ2v) is 8.05. The Bertz CT molecular complexity index is 808. The van der Waals surface area contributed by atoms with E-state index in [1.54, 1.807) is 16.7 Å². The number of aryl methyl sites for hydroxylation is 1. The summed E-state index contributed by atoms with van der Waals surface area (Å²) in [5, 5.41) is 2.94. The lowest BCUT2D eigenvalue weighted by molar-refractivity contribution is -0.132. The Labute approximate surface area is 178 Å². The molecule has 156 valence electrons. The number of nitrogens with one attached hydrogen (secondary N) is 1. The number of nitrogens with zero attached hydrogens (tertiary/aromatic N) is 2. The molecule has 2 aromatic rings. The second-order valence-electron chi connectivity index (χ2n) is 7.17. The predicted molar refractivity (Wildman–Crippen MR) is 121 cm³/mol. The maximum absolute atomic E-state index is 12.7. The van der Waals surface area contributed by atoms with Crippen molar-refractivity contribution in [1.82, 2.24) is 9.80 Å². The van der Waals surface area contributed by atoms with E-state index in [0.717, 1.165) is 23.2 Å². The predicted octanol–water partition coefficient (Wildman–Crippen LogP) is 4.03. The summed E-state index contributed by atoms with van der Waals surface area (Å²) in [6, 6.07) is 15.9. The molecule has 0 saturated heterocycles. The maximum Gasteiger partial charge on any atom is 0.238 e. The van der Waals surface area contributed by atoms with Gasteiger partial charge >= 0.3 is 0 Å². The Kier molecular flexibility index (Phi) is 9.22. The van der Waals surface area contributed by atoms with Gasteiger partial charge in [-0.05, 0) is 55.5 Å². The van der Waals surface area contributed by atoms with Crippen LogP contribution in [0.5, 0.6) is 0 Å². The number of para-hydroxylation sites is 1. The lowest BCUT2D eigenvalue weighted by Crippen LogP contribution is -2.42. The SMILES string of the molecule is CCCN(CC(=O)Nc1ccccc1C)CC(=O)N(C)Cc1ccc(SC)cc1. The molecular weight excluding hydrogens is 382 g/mol. The molecule has 5 nitrogen and oxygen atoms in total. The third kappa shape index (κ3) is 7.55. The van der Waals surface area contributed by atoms with Crippen molar-refractivity contribution < 1.29 is 9.59 Å². The smallest absolute Gasteiger partial charge is 0.238 e. The Hall–Kier alpha value is -2.31. The first kappa shape index (κ1) is 23.0. The van der Waals surface area contributed by atoms with Crippen LogP contribution in [-0.4, -0.2) is 54.6 Å². The monoisotopic (exact) mass is 413 g/mol. The Morgan fingerprint density at radius 1 is 1.03 bits per heavy atom. The summed E-state index contributed by atoms with van der Waals surface area (Å²) in [4.78, 5) is 30.0. The van der Waals surface area contributed by atoms with Crippen molar-refractivity contribution in [2.24, 2.45) is 0 Å². The fourth-order valence-corrected chi connectivity index (χ4v) is 3.45. The standard InChI is InChI=1S/C23H31N3O2S/c1-5-14-26(16-22(27)24-21-9-7-6-8-18(21)2)17-23(28)25(3)15-19-10-12-20(29-4)13-11-19/h6-13H,5,14-17H2,1-4H3,(H,24,27). The van der Waals surface area contributed by atoms with E-state index in [9.17, 15) is 9.59 Å². The minimum atomic E-state index is -0.101. The summed E-state index contributed by atoms with van der Waals surface area (Å²) in [5.74, 6) is -0.0908. The summed E-state index contributed by atoms with van der Waals surface area (Å²) in [6.45, 7) is 5.70. The van der Waals surface area contributed by atoms with Crippen LogP contribution in [0.2, 0.25) is 0 Å². The number of thioether (sulfide) groups is 1. The molecule has 2 aromatic carbocycles. The molecule has 0 bridgehead atoms. The number of amides is 2. The van der Waals surface area contributed by atoms with Gasteiger partial charge in [0, 0.05) is 24.2 Å². The minimum absolute atomic E-state index is 0.0103. The average molecular weight is 414 g/mol. The molecule has 0 aliphatic carbocycles. The van der Waals surface area contributed by atoms with Gasteiger partial charge in [0.1, 0.15) is 0 Å². The summed E-state index contributed by atoms with van der Waals surface area (Å²) < 4.78 is 0. The Morgan fingerprint density at radius 2 is 1.72 bits per heavy atom. The highest BCUT2D eigenvalue weighted by Gasteiger charge is 2.17. The topological polar surface area (TPSA) is 52.7 Å². The van der Waals surface area contributed by atoms with E-state index < -0.39 is 0 Å². The van der Waals surface area contributed by atoms with Crippen molar-refractivity contribution in [2.75, 3.05) is 38.3 Å². The summed E-state index contributed by atoms with van der Waals surface area (Å²) >= 11 is 1.70. The van der Waals surface area contributed by atoms with Gasteiger partial charge in [0.2, 0.25) is 11.8 Å². The van der Waals surface area contributed by atoms with Crippen LogP contribution in [0.1, 0.15) is 24.5 Å². The fourth-order valence-electron chi connectivity index (χ4n) is 3.04. The van der Waals surface area contributed by atoms with E-state index in [-0.39, 0.29) is 24.9 Å². The van der Waals surface area contributed by atoms with Gasteiger partial charge in [-0.25, -0.2) is 0 Å². The van der Waals surface area contributed by atoms with Crippen LogP contribution in [0.3, 0.4) is 0 Å². The van der Waals surface area contributed by atoms with E-state index in [0.29, 0.717) is 13.1 Å². The highest BCUT2D eigenvalue weighted by molar-refractivity contribution is 7.98. The first-order valence-electron chi connectivity index (χ1n) is 9.87. The molecule has 0 fully saturated rings.